The second kappa shape index (κ2) is 9.52. The normalized spacial score (nSPS) is 41.7. The van der Waals surface area contributed by atoms with Gasteiger partial charge in [-0.25, -0.2) is 0 Å². The summed E-state index contributed by atoms with van der Waals surface area (Å²) in [7, 11) is 0. The third kappa shape index (κ3) is 4.50. The molecule has 4 aliphatic rings. The zero-order valence-electron chi connectivity index (χ0n) is 22.4. The fourth-order valence-electron chi connectivity index (χ4n) is 8.21. The third-order valence-corrected chi connectivity index (χ3v) is 11.1. The molecule has 192 valence electrons. The number of rotatable bonds is 7. The highest BCUT2D eigenvalue weighted by Crippen LogP contribution is 2.67. The van der Waals surface area contributed by atoms with E-state index < -0.39 is 17.8 Å². The molecule has 0 aliphatic heterocycles. The number of hydrogen-bond acceptors (Lipinski definition) is 3. The number of hydrogen-bond donors (Lipinski definition) is 3. The first-order valence-corrected chi connectivity index (χ1v) is 14.1. The van der Waals surface area contributed by atoms with Crippen LogP contribution in [0.25, 0.3) is 0 Å². The van der Waals surface area contributed by atoms with Gasteiger partial charge in [0.2, 0.25) is 0 Å². The number of allylic oxidation sites excluding steroid dienone is 3. The molecular weight excluding hydrogens is 420 g/mol. The fraction of sp³-hybridized carbons (Fsp3) is 0.806. The minimum atomic E-state index is -0.627. The maximum absolute atomic E-state index is 11.4. The lowest BCUT2D eigenvalue weighted by Gasteiger charge is -2.51. The van der Waals surface area contributed by atoms with E-state index in [-0.39, 0.29) is 10.8 Å². The van der Waals surface area contributed by atoms with Crippen LogP contribution >= 0.6 is 0 Å². The van der Waals surface area contributed by atoms with Crippen molar-refractivity contribution in [1.82, 2.24) is 0 Å². The Kier molecular flexibility index (Phi) is 7.33. The maximum Gasteiger partial charge on any atom is 0.0811 e. The van der Waals surface area contributed by atoms with Crippen LogP contribution in [0.15, 0.2) is 35.5 Å². The van der Waals surface area contributed by atoms with Crippen LogP contribution in [-0.2, 0) is 0 Å². The van der Waals surface area contributed by atoms with Gasteiger partial charge in [-0.05, 0) is 110 Å². The van der Waals surface area contributed by atoms with E-state index in [4.69, 9.17) is 0 Å². The Morgan fingerprint density at radius 2 is 1.79 bits per heavy atom. The van der Waals surface area contributed by atoms with Crippen molar-refractivity contribution >= 4 is 0 Å². The van der Waals surface area contributed by atoms with Gasteiger partial charge in [-0.3, -0.25) is 0 Å². The average Bonchev–Trinajstić information content (AvgIpc) is 3.58. The summed E-state index contributed by atoms with van der Waals surface area (Å²) in [5.41, 5.74) is 3.33. The average molecular weight is 471 g/mol. The van der Waals surface area contributed by atoms with Crippen LogP contribution in [0.3, 0.4) is 0 Å². The number of aliphatic hydroxyl groups excluding tert-OH is 2. The van der Waals surface area contributed by atoms with E-state index in [1.165, 1.54) is 38.5 Å². The molecule has 0 radical (unpaired) electrons. The van der Waals surface area contributed by atoms with Crippen LogP contribution in [0, 0.1) is 34.5 Å². The highest BCUT2D eigenvalue weighted by Gasteiger charge is 2.58. The van der Waals surface area contributed by atoms with Crippen molar-refractivity contribution in [1.29, 1.82) is 0 Å². The van der Waals surface area contributed by atoms with Gasteiger partial charge < -0.3 is 15.3 Å². The van der Waals surface area contributed by atoms with Gasteiger partial charge in [0, 0.05) is 6.42 Å². The van der Waals surface area contributed by atoms with Crippen molar-refractivity contribution in [2.24, 2.45) is 34.5 Å². The Balaban J connectivity index is 1.51. The smallest absolute Gasteiger partial charge is 0.0811 e. The van der Waals surface area contributed by atoms with E-state index in [2.05, 4.69) is 53.3 Å². The Hall–Kier alpha value is -0.900. The highest BCUT2D eigenvalue weighted by atomic mass is 16.3. The van der Waals surface area contributed by atoms with E-state index in [1.54, 1.807) is 5.57 Å². The molecule has 3 N–H and O–H groups in total. The van der Waals surface area contributed by atoms with Crippen LogP contribution in [-0.4, -0.2) is 33.1 Å². The quantitative estimate of drug-likeness (QED) is 0.386. The van der Waals surface area contributed by atoms with E-state index in [1.807, 2.05) is 0 Å². The maximum atomic E-state index is 11.4. The molecule has 4 rings (SSSR count). The van der Waals surface area contributed by atoms with Crippen molar-refractivity contribution in [3.05, 3.63) is 35.5 Å². The molecule has 0 aromatic heterocycles. The van der Waals surface area contributed by atoms with Crippen molar-refractivity contribution in [3.8, 4) is 0 Å². The van der Waals surface area contributed by atoms with Gasteiger partial charge in [0.05, 0.1) is 17.8 Å². The zero-order valence-corrected chi connectivity index (χ0v) is 22.4. The lowest BCUT2D eigenvalue weighted by atomic mass is 9.53. The minimum absolute atomic E-state index is 0.194. The summed E-state index contributed by atoms with van der Waals surface area (Å²) in [5, 5.41) is 31.8. The topological polar surface area (TPSA) is 60.7 Å². The van der Waals surface area contributed by atoms with Gasteiger partial charge in [-0.15, -0.1) is 0 Å². The van der Waals surface area contributed by atoms with Gasteiger partial charge in [0.25, 0.3) is 0 Å². The summed E-state index contributed by atoms with van der Waals surface area (Å²) in [4.78, 5) is 0. The minimum Gasteiger partial charge on any atom is -0.393 e. The van der Waals surface area contributed by atoms with E-state index >= 15 is 0 Å². The Morgan fingerprint density at radius 1 is 1.09 bits per heavy atom. The third-order valence-electron chi connectivity index (χ3n) is 11.1. The standard InChI is InChI=1S/C31H50O3/c1-20(2)31(34,25-11-12-25)17-13-21(3)27-14-16-29(5)24(8-7-15-30(27,29)6)10-9-23-18-26(32)19-28(33)22(23)4/h9-10,20-21,25-28,32-34H,4,7-8,11-19H2,1-3,5-6H3/b23-9+,24-10-/t21-,26-,27-,28+,29+,30-,31+/m1/s1. The predicted octanol–water partition coefficient (Wildman–Crippen LogP) is 6.73. The summed E-state index contributed by atoms with van der Waals surface area (Å²) in [6.45, 7) is 16.0. The zero-order chi connectivity index (χ0) is 24.9. The van der Waals surface area contributed by atoms with Crippen molar-refractivity contribution in [3.63, 3.8) is 0 Å². The van der Waals surface area contributed by atoms with Gasteiger partial charge in [-0.1, -0.05) is 58.9 Å². The molecule has 0 saturated heterocycles. The summed E-state index contributed by atoms with van der Waals surface area (Å²) in [5.74, 6) is 2.17. The molecule has 34 heavy (non-hydrogen) atoms. The first-order chi connectivity index (χ1) is 15.9. The van der Waals surface area contributed by atoms with Crippen LogP contribution in [0.5, 0.6) is 0 Å². The van der Waals surface area contributed by atoms with Crippen molar-refractivity contribution < 1.29 is 15.3 Å². The highest BCUT2D eigenvalue weighted by molar-refractivity contribution is 5.39. The van der Waals surface area contributed by atoms with Crippen LogP contribution < -0.4 is 0 Å². The monoisotopic (exact) mass is 470 g/mol. The SMILES string of the molecule is C=C1/C(=C/C=C2/CCC[C@]3(C)[C@@H]([C@H](C)CC[C@](O)(C(C)C)C4CC4)CC[C@@]23C)C[C@@H](O)C[C@@H]1O. The summed E-state index contributed by atoms with van der Waals surface area (Å²) in [6, 6.07) is 0. The van der Waals surface area contributed by atoms with Gasteiger partial charge in [0.15, 0.2) is 0 Å². The summed E-state index contributed by atoms with van der Waals surface area (Å²) >= 11 is 0. The molecule has 4 aliphatic carbocycles. The number of fused-ring (bicyclic) bond motifs is 1. The van der Waals surface area contributed by atoms with E-state index in [9.17, 15) is 15.3 Å². The van der Waals surface area contributed by atoms with Gasteiger partial charge >= 0.3 is 0 Å². The molecule has 4 saturated carbocycles. The molecule has 3 nitrogen and oxygen atoms in total. The second-order valence-electron chi connectivity index (χ2n) is 13.2. The van der Waals surface area contributed by atoms with E-state index in [0.29, 0.717) is 36.5 Å². The van der Waals surface area contributed by atoms with Crippen LogP contribution in [0.1, 0.15) is 105 Å². The fourth-order valence-corrected chi connectivity index (χ4v) is 8.21. The molecular formula is C31H50O3. The Bertz CT molecular complexity index is 832. The van der Waals surface area contributed by atoms with Crippen molar-refractivity contribution in [2.75, 3.05) is 0 Å². The lowest BCUT2D eigenvalue weighted by Crippen LogP contribution is -2.43. The lowest BCUT2D eigenvalue weighted by molar-refractivity contribution is -0.0443. The van der Waals surface area contributed by atoms with Crippen LogP contribution in [0.2, 0.25) is 0 Å². The molecule has 0 amide bonds. The molecule has 0 bridgehead atoms. The first kappa shape index (κ1) is 26.2. The number of aliphatic hydroxyl groups is 3. The molecule has 0 aromatic rings. The van der Waals surface area contributed by atoms with Gasteiger partial charge in [0.1, 0.15) is 0 Å². The summed E-state index contributed by atoms with van der Waals surface area (Å²) in [6.07, 6.45) is 15.0. The molecule has 3 heteroatoms. The molecule has 0 spiro atoms. The predicted molar refractivity (Wildman–Crippen MR) is 140 cm³/mol. The van der Waals surface area contributed by atoms with Crippen molar-refractivity contribution in [2.45, 2.75) is 123 Å². The molecule has 4 fully saturated rings. The second-order valence-corrected chi connectivity index (χ2v) is 13.2. The molecule has 7 atom stereocenters. The molecule has 0 heterocycles. The Morgan fingerprint density at radius 3 is 2.44 bits per heavy atom. The van der Waals surface area contributed by atoms with E-state index in [0.717, 1.165) is 30.4 Å². The van der Waals surface area contributed by atoms with Crippen LogP contribution in [0.4, 0.5) is 0 Å². The Labute approximate surface area is 208 Å². The summed E-state index contributed by atoms with van der Waals surface area (Å²) < 4.78 is 0. The molecule has 0 unspecified atom stereocenters. The first-order valence-electron chi connectivity index (χ1n) is 14.1. The van der Waals surface area contributed by atoms with Gasteiger partial charge in [-0.2, -0.15) is 0 Å². The largest absolute Gasteiger partial charge is 0.393 e. The molecule has 0 aromatic carbocycles.